The maximum Gasteiger partial charge on any atom is 0.416 e. The molecule has 0 aromatic heterocycles. The Hall–Kier alpha value is -1.57. The lowest BCUT2D eigenvalue weighted by molar-refractivity contribution is -0.137. The number of hydrogen-bond donors (Lipinski definition) is 2. The average molecular weight is 339 g/mol. The van der Waals surface area contributed by atoms with Gasteiger partial charge < -0.3 is 11.1 Å². The number of hydrogen-bond acceptors (Lipinski definition) is 2. The van der Waals surface area contributed by atoms with Crippen LogP contribution in [0.1, 0.15) is 22.8 Å². The molecule has 3 N–H and O–H groups in total. The lowest BCUT2D eigenvalue weighted by Crippen LogP contribution is -2.42. The molecule has 0 spiro atoms. The summed E-state index contributed by atoms with van der Waals surface area (Å²) in [6.45, 7) is 1.34. The van der Waals surface area contributed by atoms with E-state index in [1.54, 1.807) is 0 Å². The zero-order valence-electron chi connectivity index (χ0n) is 9.72. The van der Waals surface area contributed by atoms with E-state index >= 15 is 0 Å². The van der Waals surface area contributed by atoms with Crippen molar-refractivity contribution in [3.8, 4) is 0 Å². The minimum absolute atomic E-state index is 0.190. The largest absolute Gasteiger partial charge is 0.416 e. The molecule has 0 unspecified atom stereocenters. The Balaban J connectivity index is 3.06. The van der Waals surface area contributed by atoms with Crippen LogP contribution in [0.2, 0.25) is 0 Å². The van der Waals surface area contributed by atoms with Crippen molar-refractivity contribution in [1.82, 2.24) is 5.32 Å². The third-order valence-corrected chi connectivity index (χ3v) is 3.00. The lowest BCUT2D eigenvalue weighted by Gasteiger charge is -2.13. The summed E-state index contributed by atoms with van der Waals surface area (Å²) in [6.07, 6.45) is -4.55. The molecule has 0 radical (unpaired) electrons. The summed E-state index contributed by atoms with van der Waals surface area (Å²) in [4.78, 5) is 22.5. The van der Waals surface area contributed by atoms with Crippen molar-refractivity contribution in [2.24, 2.45) is 5.73 Å². The summed E-state index contributed by atoms with van der Waals surface area (Å²) in [6, 6.07) is 1.69. The minimum Gasteiger partial charge on any atom is -0.368 e. The number of carbonyl (C=O) groups is 2. The molecule has 1 rings (SSSR count). The van der Waals surface area contributed by atoms with Crippen LogP contribution in [0.4, 0.5) is 13.2 Å². The topological polar surface area (TPSA) is 72.2 Å². The number of nitrogens with one attached hydrogen (secondary N) is 1. The smallest absolute Gasteiger partial charge is 0.368 e. The number of nitrogens with two attached hydrogens (primary N) is 1. The number of alkyl halides is 3. The van der Waals surface area contributed by atoms with Gasteiger partial charge in [-0.25, -0.2) is 0 Å². The quantitative estimate of drug-likeness (QED) is 0.885. The summed E-state index contributed by atoms with van der Waals surface area (Å²) in [5.41, 5.74) is 3.78. The molecule has 4 nitrogen and oxygen atoms in total. The second-order valence-electron chi connectivity index (χ2n) is 3.79. The van der Waals surface area contributed by atoms with E-state index in [1.807, 2.05) is 0 Å². The Morgan fingerprint density at radius 2 is 1.95 bits per heavy atom. The first-order valence-corrected chi connectivity index (χ1v) is 5.89. The van der Waals surface area contributed by atoms with Gasteiger partial charge in [0.15, 0.2) is 0 Å². The second-order valence-corrected chi connectivity index (χ2v) is 4.64. The van der Waals surface area contributed by atoms with Crippen molar-refractivity contribution in [2.75, 3.05) is 0 Å². The maximum atomic E-state index is 12.5. The second kappa shape index (κ2) is 5.60. The molecule has 0 saturated heterocycles. The van der Waals surface area contributed by atoms with Crippen molar-refractivity contribution in [1.29, 1.82) is 0 Å². The zero-order valence-corrected chi connectivity index (χ0v) is 11.3. The van der Waals surface area contributed by atoms with Crippen LogP contribution in [0.5, 0.6) is 0 Å². The molecule has 2 amide bonds. The van der Waals surface area contributed by atoms with Gasteiger partial charge in [-0.15, -0.1) is 0 Å². The Morgan fingerprint density at radius 3 is 2.42 bits per heavy atom. The fourth-order valence-corrected chi connectivity index (χ4v) is 1.65. The fourth-order valence-electron chi connectivity index (χ4n) is 1.22. The summed E-state index contributed by atoms with van der Waals surface area (Å²) in [7, 11) is 0. The van der Waals surface area contributed by atoms with Crippen LogP contribution >= 0.6 is 15.9 Å². The van der Waals surface area contributed by atoms with E-state index in [-0.39, 0.29) is 10.0 Å². The van der Waals surface area contributed by atoms with Gasteiger partial charge in [-0.05, 0) is 41.1 Å². The van der Waals surface area contributed by atoms with Crippen LogP contribution in [0.3, 0.4) is 0 Å². The molecule has 0 aliphatic rings. The predicted molar refractivity (Wildman–Crippen MR) is 65.3 cm³/mol. The van der Waals surface area contributed by atoms with Gasteiger partial charge in [-0.3, -0.25) is 9.59 Å². The van der Waals surface area contributed by atoms with Crippen molar-refractivity contribution in [2.45, 2.75) is 19.1 Å². The van der Waals surface area contributed by atoms with Gasteiger partial charge in [-0.1, -0.05) is 0 Å². The van der Waals surface area contributed by atoms with Gasteiger partial charge in [0, 0.05) is 4.47 Å². The number of benzene rings is 1. The van der Waals surface area contributed by atoms with E-state index in [2.05, 4.69) is 21.2 Å². The van der Waals surface area contributed by atoms with E-state index in [1.165, 1.54) is 6.92 Å². The van der Waals surface area contributed by atoms with Crippen molar-refractivity contribution in [3.63, 3.8) is 0 Å². The van der Waals surface area contributed by atoms with Gasteiger partial charge in [0.25, 0.3) is 5.91 Å². The van der Waals surface area contributed by atoms with Crippen LogP contribution in [-0.4, -0.2) is 17.9 Å². The summed E-state index contributed by atoms with van der Waals surface area (Å²) in [5.74, 6) is -1.60. The molecule has 0 bridgehead atoms. The van der Waals surface area contributed by atoms with E-state index in [0.717, 1.165) is 12.1 Å². The van der Waals surface area contributed by atoms with E-state index in [0.29, 0.717) is 6.07 Å². The standard InChI is InChI=1S/C11H10BrF3N2O2/c1-5(9(16)18)17-10(19)7-4-6(11(13,14)15)2-3-8(7)12/h2-5H,1H3,(H2,16,18)(H,17,19)/t5-/m0/s1. The summed E-state index contributed by atoms with van der Waals surface area (Å²) < 4.78 is 37.8. The van der Waals surface area contributed by atoms with Gasteiger partial charge >= 0.3 is 6.18 Å². The van der Waals surface area contributed by atoms with Crippen molar-refractivity contribution in [3.05, 3.63) is 33.8 Å². The Kier molecular flexibility index (Phi) is 4.56. The average Bonchev–Trinajstić information content (AvgIpc) is 2.27. The Morgan fingerprint density at radius 1 is 1.37 bits per heavy atom. The highest BCUT2D eigenvalue weighted by Crippen LogP contribution is 2.31. The number of rotatable bonds is 3. The predicted octanol–water partition coefficient (Wildman–Crippen LogP) is 2.07. The van der Waals surface area contributed by atoms with Gasteiger partial charge in [0.2, 0.25) is 5.91 Å². The molecule has 0 aliphatic heterocycles. The molecule has 0 saturated carbocycles. The number of primary amides is 1. The van der Waals surface area contributed by atoms with Crippen LogP contribution in [0.25, 0.3) is 0 Å². The van der Waals surface area contributed by atoms with Crippen LogP contribution < -0.4 is 11.1 Å². The Labute approximate surface area is 115 Å². The molecule has 0 fully saturated rings. The minimum atomic E-state index is -4.55. The summed E-state index contributed by atoms with van der Waals surface area (Å²) in [5, 5.41) is 2.20. The zero-order chi connectivity index (χ0) is 14.8. The molecule has 1 aromatic rings. The van der Waals surface area contributed by atoms with E-state index in [4.69, 9.17) is 5.73 Å². The first-order chi connectivity index (χ1) is 8.62. The van der Waals surface area contributed by atoms with Crippen molar-refractivity contribution >= 4 is 27.7 Å². The highest BCUT2D eigenvalue weighted by Gasteiger charge is 2.31. The molecule has 1 aromatic carbocycles. The van der Waals surface area contributed by atoms with E-state index < -0.39 is 29.6 Å². The normalized spacial score (nSPS) is 12.9. The monoisotopic (exact) mass is 338 g/mol. The number of amides is 2. The highest BCUT2D eigenvalue weighted by molar-refractivity contribution is 9.10. The third kappa shape index (κ3) is 3.95. The molecule has 0 heterocycles. The van der Waals surface area contributed by atoms with Crippen LogP contribution in [-0.2, 0) is 11.0 Å². The SMILES string of the molecule is C[C@H](NC(=O)c1cc(C(F)(F)F)ccc1Br)C(N)=O. The van der Waals surface area contributed by atoms with Gasteiger partial charge in [-0.2, -0.15) is 13.2 Å². The molecule has 1 atom stereocenters. The van der Waals surface area contributed by atoms with Gasteiger partial charge in [0.1, 0.15) is 6.04 Å². The fraction of sp³-hybridized carbons (Fsp3) is 0.273. The maximum absolute atomic E-state index is 12.5. The molecular weight excluding hydrogens is 329 g/mol. The first kappa shape index (κ1) is 15.5. The number of carbonyl (C=O) groups excluding carboxylic acids is 2. The van der Waals surface area contributed by atoms with Crippen LogP contribution in [0.15, 0.2) is 22.7 Å². The Bertz CT molecular complexity index is 517. The van der Waals surface area contributed by atoms with E-state index in [9.17, 15) is 22.8 Å². The molecule has 104 valence electrons. The molecule has 19 heavy (non-hydrogen) atoms. The highest BCUT2D eigenvalue weighted by atomic mass is 79.9. The lowest BCUT2D eigenvalue weighted by atomic mass is 10.1. The van der Waals surface area contributed by atoms with Crippen LogP contribution in [0, 0.1) is 0 Å². The third-order valence-electron chi connectivity index (χ3n) is 2.31. The van der Waals surface area contributed by atoms with Crippen molar-refractivity contribution < 1.29 is 22.8 Å². The molecular formula is C11H10BrF3N2O2. The van der Waals surface area contributed by atoms with Gasteiger partial charge in [0.05, 0.1) is 11.1 Å². The number of halogens is 4. The molecule has 0 aliphatic carbocycles. The molecule has 8 heteroatoms. The first-order valence-electron chi connectivity index (χ1n) is 5.10. The summed E-state index contributed by atoms with van der Waals surface area (Å²) >= 11 is 2.98.